The van der Waals surface area contributed by atoms with Crippen LogP contribution in [0.25, 0.3) is 0 Å². The molecule has 0 bridgehead atoms. The molecule has 0 aliphatic rings. The summed E-state index contributed by atoms with van der Waals surface area (Å²) in [4.78, 5) is 28.9. The van der Waals surface area contributed by atoms with E-state index in [1.54, 1.807) is 36.5 Å². The van der Waals surface area contributed by atoms with Crippen molar-refractivity contribution in [2.24, 2.45) is 0 Å². The van der Waals surface area contributed by atoms with Gasteiger partial charge in [-0.25, -0.2) is 0 Å². The van der Waals surface area contributed by atoms with Gasteiger partial charge in [0.05, 0.1) is 0 Å². The first-order valence-corrected chi connectivity index (χ1v) is 6.60. The summed E-state index contributed by atoms with van der Waals surface area (Å²) in [6.45, 7) is 0.302. The average Bonchev–Trinajstić information content (AvgIpc) is 2.92. The predicted molar refractivity (Wildman–Crippen MR) is 77.0 cm³/mol. The molecule has 0 fully saturated rings. The summed E-state index contributed by atoms with van der Waals surface area (Å²) in [5.41, 5.74) is 1.29. The Labute approximate surface area is 122 Å². The number of hydrogen-bond donors (Lipinski definition) is 1. The first kappa shape index (κ1) is 14.8. The second-order valence-corrected chi connectivity index (χ2v) is 4.71. The molecule has 1 N–H and O–H groups in total. The van der Waals surface area contributed by atoms with Gasteiger partial charge in [0.1, 0.15) is 12.2 Å². The Morgan fingerprint density at radius 3 is 2.76 bits per heavy atom. The Morgan fingerprint density at radius 2 is 2.10 bits per heavy atom. The van der Waals surface area contributed by atoms with Crippen LogP contribution in [-0.2, 0) is 17.8 Å². The van der Waals surface area contributed by atoms with E-state index in [0.29, 0.717) is 18.7 Å². The van der Waals surface area contributed by atoms with Crippen molar-refractivity contribution in [3.63, 3.8) is 0 Å². The highest BCUT2D eigenvalue weighted by molar-refractivity contribution is 5.93. The molecule has 0 radical (unpaired) electrons. The molecule has 0 saturated carbocycles. The largest absolute Gasteiger partial charge is 0.480 e. The Morgan fingerprint density at radius 1 is 1.29 bits per heavy atom. The first-order chi connectivity index (χ1) is 10.1. The van der Waals surface area contributed by atoms with Crippen molar-refractivity contribution >= 4 is 11.9 Å². The van der Waals surface area contributed by atoms with E-state index < -0.39 is 5.97 Å². The highest BCUT2D eigenvalue weighted by Crippen LogP contribution is 2.07. The van der Waals surface area contributed by atoms with Crippen LogP contribution in [0, 0.1) is 0 Å². The van der Waals surface area contributed by atoms with Crippen molar-refractivity contribution in [3.05, 3.63) is 54.1 Å². The van der Waals surface area contributed by atoms with Crippen molar-refractivity contribution in [2.45, 2.75) is 13.0 Å². The summed E-state index contributed by atoms with van der Waals surface area (Å²) < 4.78 is 1.43. The van der Waals surface area contributed by atoms with Crippen molar-refractivity contribution in [2.75, 3.05) is 13.6 Å². The van der Waals surface area contributed by atoms with Crippen LogP contribution in [0.5, 0.6) is 0 Å². The number of amides is 1. The van der Waals surface area contributed by atoms with Crippen LogP contribution in [0.2, 0.25) is 0 Å². The van der Waals surface area contributed by atoms with Crippen LogP contribution in [-0.4, -0.2) is 45.0 Å². The zero-order valence-corrected chi connectivity index (χ0v) is 11.8. The van der Waals surface area contributed by atoms with Gasteiger partial charge in [0.2, 0.25) is 0 Å². The SMILES string of the molecule is CN(CCc1ccccn1)C(=O)c1cccn1CC(=O)O. The fraction of sp³-hybridized carbons (Fsp3) is 0.267. The van der Waals surface area contributed by atoms with Gasteiger partial charge >= 0.3 is 5.97 Å². The summed E-state index contributed by atoms with van der Waals surface area (Å²) in [5.74, 6) is -1.17. The van der Waals surface area contributed by atoms with Gasteiger partial charge in [-0.05, 0) is 24.3 Å². The summed E-state index contributed by atoms with van der Waals surface area (Å²) >= 11 is 0. The predicted octanol–water partition coefficient (Wildman–Crippen LogP) is 1.28. The van der Waals surface area contributed by atoms with Crippen LogP contribution >= 0.6 is 0 Å². The molecule has 2 rings (SSSR count). The number of aliphatic carboxylic acids is 1. The molecule has 0 saturated heterocycles. The summed E-state index contributed by atoms with van der Waals surface area (Å²) in [6, 6.07) is 8.95. The van der Waals surface area contributed by atoms with Crippen LogP contribution < -0.4 is 0 Å². The van der Waals surface area contributed by atoms with Crippen LogP contribution in [0.1, 0.15) is 16.2 Å². The van der Waals surface area contributed by atoms with Gasteiger partial charge in [0.25, 0.3) is 5.91 Å². The maximum Gasteiger partial charge on any atom is 0.323 e. The number of nitrogens with zero attached hydrogens (tertiary/aromatic N) is 3. The summed E-state index contributed by atoms with van der Waals surface area (Å²) in [5, 5.41) is 8.83. The van der Waals surface area contributed by atoms with E-state index in [1.165, 1.54) is 4.57 Å². The molecule has 2 aromatic rings. The second kappa shape index (κ2) is 6.69. The maximum atomic E-state index is 12.3. The molecular formula is C15H17N3O3. The zero-order chi connectivity index (χ0) is 15.2. The molecule has 0 unspecified atom stereocenters. The summed E-state index contributed by atoms with van der Waals surface area (Å²) in [7, 11) is 1.70. The normalized spacial score (nSPS) is 10.3. The maximum absolute atomic E-state index is 12.3. The van der Waals surface area contributed by atoms with Gasteiger partial charge in [0, 0.05) is 38.1 Å². The first-order valence-electron chi connectivity index (χ1n) is 6.60. The molecule has 2 aromatic heterocycles. The van der Waals surface area contributed by atoms with E-state index >= 15 is 0 Å². The molecular weight excluding hydrogens is 270 g/mol. The second-order valence-electron chi connectivity index (χ2n) is 4.71. The van der Waals surface area contributed by atoms with E-state index in [0.717, 1.165) is 5.69 Å². The van der Waals surface area contributed by atoms with Gasteiger partial charge in [0.15, 0.2) is 0 Å². The number of likely N-dealkylation sites (N-methyl/N-ethyl adjacent to an activating group) is 1. The fourth-order valence-corrected chi connectivity index (χ4v) is 2.02. The highest BCUT2D eigenvalue weighted by atomic mass is 16.4. The monoisotopic (exact) mass is 287 g/mol. The van der Waals surface area contributed by atoms with E-state index in [4.69, 9.17) is 5.11 Å². The van der Waals surface area contributed by atoms with Crippen LogP contribution in [0.3, 0.4) is 0 Å². The van der Waals surface area contributed by atoms with Gasteiger partial charge in [-0.3, -0.25) is 14.6 Å². The smallest absolute Gasteiger partial charge is 0.323 e. The van der Waals surface area contributed by atoms with Gasteiger partial charge in [-0.2, -0.15) is 0 Å². The van der Waals surface area contributed by atoms with E-state index in [-0.39, 0.29) is 12.5 Å². The average molecular weight is 287 g/mol. The topological polar surface area (TPSA) is 75.4 Å². The van der Waals surface area contributed by atoms with Gasteiger partial charge < -0.3 is 14.6 Å². The molecule has 0 atom stereocenters. The number of carboxylic acid groups (broad SMARTS) is 1. The molecule has 0 spiro atoms. The van der Waals surface area contributed by atoms with Crippen molar-refractivity contribution in [3.8, 4) is 0 Å². The fourth-order valence-electron chi connectivity index (χ4n) is 2.02. The van der Waals surface area contributed by atoms with Gasteiger partial charge in [-0.15, -0.1) is 0 Å². The highest BCUT2D eigenvalue weighted by Gasteiger charge is 2.16. The molecule has 6 nitrogen and oxygen atoms in total. The minimum Gasteiger partial charge on any atom is -0.480 e. The molecule has 0 aliphatic carbocycles. The summed E-state index contributed by atoms with van der Waals surface area (Å²) in [6.07, 6.45) is 3.96. The minimum absolute atomic E-state index is 0.197. The lowest BCUT2D eigenvalue weighted by atomic mass is 10.2. The van der Waals surface area contributed by atoms with Gasteiger partial charge in [-0.1, -0.05) is 6.07 Å². The molecule has 2 heterocycles. The molecule has 0 aliphatic heterocycles. The van der Waals surface area contributed by atoms with Crippen molar-refractivity contribution in [1.29, 1.82) is 0 Å². The van der Waals surface area contributed by atoms with E-state index in [2.05, 4.69) is 4.98 Å². The van der Waals surface area contributed by atoms with E-state index in [9.17, 15) is 9.59 Å². The third kappa shape index (κ3) is 3.92. The number of carboxylic acids is 1. The minimum atomic E-state index is -0.976. The van der Waals surface area contributed by atoms with Crippen LogP contribution in [0.15, 0.2) is 42.7 Å². The lowest BCUT2D eigenvalue weighted by Gasteiger charge is -2.17. The zero-order valence-electron chi connectivity index (χ0n) is 11.8. The molecule has 1 amide bonds. The Balaban J connectivity index is 1.99. The number of carbonyl (C=O) groups excluding carboxylic acids is 1. The number of carbonyl (C=O) groups is 2. The molecule has 21 heavy (non-hydrogen) atoms. The Hall–Kier alpha value is -2.63. The Bertz CT molecular complexity index is 622. The number of pyridine rings is 1. The lowest BCUT2D eigenvalue weighted by molar-refractivity contribution is -0.137. The Kier molecular flexibility index (Phi) is 4.71. The molecule has 0 aromatic carbocycles. The third-order valence-electron chi connectivity index (χ3n) is 3.13. The molecule has 6 heteroatoms. The van der Waals surface area contributed by atoms with Crippen LogP contribution in [0.4, 0.5) is 0 Å². The van der Waals surface area contributed by atoms with Crippen molar-refractivity contribution < 1.29 is 14.7 Å². The third-order valence-corrected chi connectivity index (χ3v) is 3.13. The molecule has 110 valence electrons. The quantitative estimate of drug-likeness (QED) is 0.868. The number of aromatic nitrogens is 2. The van der Waals surface area contributed by atoms with E-state index in [1.807, 2.05) is 18.2 Å². The number of rotatable bonds is 6. The number of hydrogen-bond acceptors (Lipinski definition) is 3. The standard InChI is InChI=1S/C15H17N3O3/c1-17(10-7-12-5-2-3-8-16-12)15(21)13-6-4-9-18(13)11-14(19)20/h2-6,8-9H,7,10-11H2,1H3,(H,19,20). The lowest BCUT2D eigenvalue weighted by Crippen LogP contribution is -2.31. The van der Waals surface area contributed by atoms with Crippen molar-refractivity contribution in [1.82, 2.24) is 14.5 Å².